The lowest BCUT2D eigenvalue weighted by Gasteiger charge is -2.07. The molecule has 0 aromatic heterocycles. The summed E-state index contributed by atoms with van der Waals surface area (Å²) in [5.74, 6) is -3.93. The number of carboxylic acid groups (broad SMARTS) is 1. The van der Waals surface area contributed by atoms with E-state index in [4.69, 9.17) is 5.11 Å². The van der Waals surface area contributed by atoms with E-state index in [-0.39, 0.29) is 17.0 Å². The molecule has 20 heavy (non-hydrogen) atoms. The van der Waals surface area contributed by atoms with Crippen molar-refractivity contribution in [3.63, 3.8) is 0 Å². The first-order valence-electron chi connectivity index (χ1n) is 5.73. The summed E-state index contributed by atoms with van der Waals surface area (Å²) in [5, 5.41) is 10.9. The van der Waals surface area contributed by atoms with Gasteiger partial charge in [0, 0.05) is 6.26 Å². The van der Waals surface area contributed by atoms with Crippen molar-refractivity contribution in [1.29, 1.82) is 0 Å². The van der Waals surface area contributed by atoms with Crippen molar-refractivity contribution in [3.05, 3.63) is 24.0 Å². The zero-order valence-corrected chi connectivity index (χ0v) is 11.3. The van der Waals surface area contributed by atoms with Gasteiger partial charge in [0.05, 0.1) is 22.4 Å². The van der Waals surface area contributed by atoms with E-state index in [1.54, 1.807) is 0 Å². The van der Waals surface area contributed by atoms with Gasteiger partial charge in [-0.25, -0.2) is 12.8 Å². The van der Waals surface area contributed by atoms with Gasteiger partial charge in [-0.3, -0.25) is 9.59 Å². The molecule has 1 saturated carbocycles. The van der Waals surface area contributed by atoms with Gasteiger partial charge >= 0.3 is 5.97 Å². The van der Waals surface area contributed by atoms with Crippen molar-refractivity contribution in [2.75, 3.05) is 11.6 Å². The van der Waals surface area contributed by atoms with Crippen LogP contribution in [0.1, 0.15) is 6.42 Å². The molecule has 0 bridgehead atoms. The quantitative estimate of drug-likeness (QED) is 0.804. The van der Waals surface area contributed by atoms with Gasteiger partial charge in [0.25, 0.3) is 0 Å². The minimum Gasteiger partial charge on any atom is -0.481 e. The molecule has 0 aliphatic heterocycles. The Morgan fingerprint density at radius 3 is 2.50 bits per heavy atom. The largest absolute Gasteiger partial charge is 0.481 e. The number of benzene rings is 1. The predicted molar refractivity (Wildman–Crippen MR) is 67.4 cm³/mol. The summed E-state index contributed by atoms with van der Waals surface area (Å²) >= 11 is 0. The lowest BCUT2D eigenvalue weighted by molar-refractivity contribution is -0.139. The Hall–Kier alpha value is -1.96. The number of halogens is 1. The Morgan fingerprint density at radius 2 is 2.00 bits per heavy atom. The summed E-state index contributed by atoms with van der Waals surface area (Å²) in [6.45, 7) is 0. The van der Waals surface area contributed by atoms with E-state index in [0.717, 1.165) is 24.5 Å². The smallest absolute Gasteiger partial charge is 0.307 e. The third kappa shape index (κ3) is 2.96. The minimum atomic E-state index is -3.52. The Kier molecular flexibility index (Phi) is 3.51. The predicted octanol–water partition coefficient (Wildman–Crippen LogP) is 0.888. The molecule has 0 saturated heterocycles. The standard InChI is InChI=1S/C12H12FNO5S/c1-20(18,19)6-2-3-9(13)10(4-6)14-11(15)7-5-8(7)12(16)17/h2-4,7-8H,5H2,1H3,(H,14,15)(H,16,17)/t7-,8+/m1/s1. The van der Waals surface area contributed by atoms with E-state index in [9.17, 15) is 22.4 Å². The number of sulfone groups is 1. The van der Waals surface area contributed by atoms with Crippen molar-refractivity contribution in [1.82, 2.24) is 0 Å². The summed E-state index contributed by atoms with van der Waals surface area (Å²) in [4.78, 5) is 22.2. The Labute approximate surface area is 114 Å². The lowest BCUT2D eigenvalue weighted by Crippen LogP contribution is -2.18. The van der Waals surface area contributed by atoms with Crippen molar-refractivity contribution in [2.24, 2.45) is 11.8 Å². The van der Waals surface area contributed by atoms with E-state index < -0.39 is 39.4 Å². The topological polar surface area (TPSA) is 101 Å². The fourth-order valence-corrected chi connectivity index (χ4v) is 2.46. The van der Waals surface area contributed by atoms with Crippen LogP contribution in [0.5, 0.6) is 0 Å². The highest BCUT2D eigenvalue weighted by atomic mass is 32.2. The lowest BCUT2D eigenvalue weighted by atomic mass is 10.2. The first-order valence-corrected chi connectivity index (χ1v) is 7.62. The van der Waals surface area contributed by atoms with Crippen LogP contribution in [0.15, 0.2) is 23.1 Å². The van der Waals surface area contributed by atoms with E-state index in [1.807, 2.05) is 0 Å². The maximum atomic E-state index is 13.5. The molecule has 8 heteroatoms. The van der Waals surface area contributed by atoms with Crippen LogP contribution in [-0.2, 0) is 19.4 Å². The molecule has 2 N–H and O–H groups in total. The van der Waals surface area contributed by atoms with E-state index >= 15 is 0 Å². The molecule has 2 rings (SSSR count). The molecule has 1 aromatic rings. The number of carbonyl (C=O) groups excluding carboxylic acids is 1. The molecule has 1 aliphatic rings. The van der Waals surface area contributed by atoms with Gasteiger partial charge < -0.3 is 10.4 Å². The molecule has 1 aliphatic carbocycles. The van der Waals surface area contributed by atoms with Crippen LogP contribution in [0.3, 0.4) is 0 Å². The molecule has 0 radical (unpaired) electrons. The number of carboxylic acids is 1. The highest BCUT2D eigenvalue weighted by Gasteiger charge is 2.48. The fraction of sp³-hybridized carbons (Fsp3) is 0.333. The first-order chi connectivity index (χ1) is 9.20. The van der Waals surface area contributed by atoms with Crippen molar-refractivity contribution in [2.45, 2.75) is 11.3 Å². The number of hydrogen-bond donors (Lipinski definition) is 2. The van der Waals surface area contributed by atoms with Crippen LogP contribution >= 0.6 is 0 Å². The first kappa shape index (κ1) is 14.4. The van der Waals surface area contributed by atoms with Gasteiger partial charge in [-0.1, -0.05) is 0 Å². The van der Waals surface area contributed by atoms with E-state index in [1.165, 1.54) is 0 Å². The average molecular weight is 301 g/mol. The van der Waals surface area contributed by atoms with Crippen LogP contribution < -0.4 is 5.32 Å². The highest BCUT2D eigenvalue weighted by molar-refractivity contribution is 7.90. The molecule has 0 unspecified atom stereocenters. The van der Waals surface area contributed by atoms with Gasteiger partial charge in [-0.05, 0) is 24.6 Å². The molecule has 2 atom stereocenters. The van der Waals surface area contributed by atoms with Crippen LogP contribution in [0.4, 0.5) is 10.1 Å². The maximum Gasteiger partial charge on any atom is 0.307 e. The fourth-order valence-electron chi connectivity index (χ4n) is 1.81. The van der Waals surface area contributed by atoms with Crippen LogP contribution in [0, 0.1) is 17.7 Å². The monoisotopic (exact) mass is 301 g/mol. The molecule has 1 fully saturated rings. The van der Waals surface area contributed by atoms with Crippen molar-refractivity contribution in [3.8, 4) is 0 Å². The van der Waals surface area contributed by atoms with Gasteiger partial charge in [-0.2, -0.15) is 0 Å². The molecule has 1 amide bonds. The molecular formula is C12H12FNO5S. The van der Waals surface area contributed by atoms with Crippen LogP contribution in [0.25, 0.3) is 0 Å². The maximum absolute atomic E-state index is 13.5. The second kappa shape index (κ2) is 4.86. The number of carbonyl (C=O) groups is 2. The molecule has 108 valence electrons. The van der Waals surface area contributed by atoms with E-state index in [2.05, 4.69) is 5.32 Å². The average Bonchev–Trinajstić information content (AvgIpc) is 3.10. The second-order valence-corrected chi connectivity index (χ2v) is 6.71. The number of hydrogen-bond acceptors (Lipinski definition) is 4. The normalized spacial score (nSPS) is 21.3. The second-order valence-electron chi connectivity index (χ2n) is 4.69. The highest BCUT2D eigenvalue weighted by Crippen LogP contribution is 2.39. The number of amides is 1. The number of nitrogens with one attached hydrogen (secondary N) is 1. The Bertz CT molecular complexity index is 685. The van der Waals surface area contributed by atoms with Gasteiger partial charge in [-0.15, -0.1) is 0 Å². The Balaban J connectivity index is 2.18. The molecule has 6 nitrogen and oxygen atoms in total. The summed E-state index contributed by atoms with van der Waals surface area (Å²) in [7, 11) is -3.52. The Morgan fingerprint density at radius 1 is 1.35 bits per heavy atom. The third-order valence-electron chi connectivity index (χ3n) is 3.07. The number of rotatable bonds is 4. The zero-order chi connectivity index (χ0) is 15.1. The summed E-state index contributed by atoms with van der Waals surface area (Å²) in [6.07, 6.45) is 1.17. The summed E-state index contributed by atoms with van der Waals surface area (Å²) < 4.78 is 36.2. The van der Waals surface area contributed by atoms with Gasteiger partial charge in [0.15, 0.2) is 9.84 Å². The van der Waals surface area contributed by atoms with Crippen LogP contribution in [-0.4, -0.2) is 31.7 Å². The summed E-state index contributed by atoms with van der Waals surface area (Å²) in [6, 6.07) is 3.05. The van der Waals surface area contributed by atoms with Crippen LogP contribution in [0.2, 0.25) is 0 Å². The number of anilines is 1. The van der Waals surface area contributed by atoms with Crippen molar-refractivity contribution >= 4 is 27.4 Å². The van der Waals surface area contributed by atoms with E-state index in [0.29, 0.717) is 0 Å². The summed E-state index contributed by atoms with van der Waals surface area (Å²) in [5.41, 5.74) is -0.269. The number of aliphatic carboxylic acids is 1. The molecule has 0 heterocycles. The molecule has 0 spiro atoms. The zero-order valence-electron chi connectivity index (χ0n) is 10.5. The SMILES string of the molecule is CS(=O)(=O)c1ccc(F)c(NC(=O)[C@@H]2C[C@@H]2C(=O)O)c1. The van der Waals surface area contributed by atoms with Gasteiger partial charge in [0.1, 0.15) is 5.82 Å². The minimum absolute atomic E-state index is 0.125. The van der Waals surface area contributed by atoms with Crippen molar-refractivity contribution < 1.29 is 27.5 Å². The molecule has 1 aromatic carbocycles. The third-order valence-corrected chi connectivity index (χ3v) is 4.18. The molecular weight excluding hydrogens is 289 g/mol. The van der Waals surface area contributed by atoms with Gasteiger partial charge in [0.2, 0.25) is 5.91 Å².